The van der Waals surface area contributed by atoms with E-state index < -0.39 is 0 Å². The smallest absolute Gasteiger partial charge is 0.236 e. The lowest BCUT2D eigenvalue weighted by Gasteiger charge is -2.38. The average molecular weight is 489 g/mol. The van der Waals surface area contributed by atoms with E-state index in [2.05, 4.69) is 33.7 Å². The van der Waals surface area contributed by atoms with Crippen LogP contribution in [0.25, 0.3) is 0 Å². The molecule has 0 radical (unpaired) electrons. The third kappa shape index (κ3) is 7.32. The van der Waals surface area contributed by atoms with E-state index in [1.54, 1.807) is 7.11 Å². The first-order valence-electron chi connectivity index (χ1n) is 13.0. The molecule has 0 saturated carbocycles. The van der Waals surface area contributed by atoms with Crippen LogP contribution in [0.3, 0.4) is 0 Å². The second-order valence-corrected chi connectivity index (χ2v) is 9.68. The molecule has 1 aromatic rings. The summed E-state index contributed by atoms with van der Waals surface area (Å²) in [4.78, 5) is 29.7. The van der Waals surface area contributed by atoms with Crippen molar-refractivity contribution in [3.05, 3.63) is 23.8 Å². The topological polar surface area (TPSA) is 92.4 Å². The standard InChI is InChI=1S/C26H40N4O5/c1-33-12-7-28-25(31)16-20-6-8-30-19-21(20)3-2-11-35-24-5-4-23(29-9-13-34-14-10-29)15-22(24)17-27-18-26(30)32/h4-5,15,20-21,27H,2-3,6-14,16-19H2,1H3,(H,28,31)/t20-,21-/m0/s1. The van der Waals surface area contributed by atoms with Crippen LogP contribution in [0.2, 0.25) is 0 Å². The van der Waals surface area contributed by atoms with E-state index in [9.17, 15) is 9.59 Å². The number of morpholine rings is 1. The predicted octanol–water partition coefficient (Wildman–Crippen LogP) is 1.40. The number of fused-ring (bicyclic) bond motifs is 3. The first-order valence-corrected chi connectivity index (χ1v) is 13.0. The SMILES string of the molecule is COCCNC(=O)C[C@@H]1CCN2C[C@@H]1CCCOc1ccc(N3CCOCC3)cc1CNCC2=O. The number of rotatable bonds is 6. The number of hydrogen-bond acceptors (Lipinski definition) is 7. The molecule has 2 amide bonds. The van der Waals surface area contributed by atoms with Crippen molar-refractivity contribution >= 4 is 17.5 Å². The molecule has 0 unspecified atom stereocenters. The minimum Gasteiger partial charge on any atom is -0.493 e. The minimum atomic E-state index is 0.0673. The molecular formula is C26H40N4O5. The molecule has 3 aliphatic rings. The zero-order valence-electron chi connectivity index (χ0n) is 20.9. The van der Waals surface area contributed by atoms with Gasteiger partial charge in [0.2, 0.25) is 11.8 Å². The fourth-order valence-electron chi connectivity index (χ4n) is 5.31. The molecule has 0 spiro atoms. The summed E-state index contributed by atoms with van der Waals surface area (Å²) in [6, 6.07) is 6.34. The van der Waals surface area contributed by atoms with E-state index in [0.29, 0.717) is 58.3 Å². The predicted molar refractivity (Wildman–Crippen MR) is 134 cm³/mol. The van der Waals surface area contributed by atoms with E-state index in [4.69, 9.17) is 14.2 Å². The van der Waals surface area contributed by atoms with Crippen molar-refractivity contribution in [1.29, 1.82) is 0 Å². The number of methoxy groups -OCH3 is 1. The van der Waals surface area contributed by atoms with Crippen LogP contribution >= 0.6 is 0 Å². The van der Waals surface area contributed by atoms with Gasteiger partial charge in [-0.2, -0.15) is 0 Å². The normalized spacial score (nSPS) is 23.9. The van der Waals surface area contributed by atoms with E-state index in [1.165, 1.54) is 5.69 Å². The van der Waals surface area contributed by atoms with Crippen LogP contribution in [0.5, 0.6) is 5.75 Å². The Morgan fingerprint density at radius 3 is 2.83 bits per heavy atom. The maximum atomic E-state index is 13.0. The molecule has 1 aromatic carbocycles. The van der Waals surface area contributed by atoms with Crippen molar-refractivity contribution in [3.8, 4) is 5.75 Å². The fourth-order valence-corrected chi connectivity index (χ4v) is 5.31. The van der Waals surface area contributed by atoms with Crippen molar-refractivity contribution < 1.29 is 23.8 Å². The monoisotopic (exact) mass is 488 g/mol. The maximum absolute atomic E-state index is 13.0. The summed E-state index contributed by atoms with van der Waals surface area (Å²) in [5.41, 5.74) is 2.24. The highest BCUT2D eigenvalue weighted by Crippen LogP contribution is 2.31. The number of nitrogens with one attached hydrogen (secondary N) is 2. The molecule has 3 aliphatic heterocycles. The van der Waals surface area contributed by atoms with Gasteiger partial charge in [-0.1, -0.05) is 0 Å². The number of anilines is 1. The highest BCUT2D eigenvalue weighted by molar-refractivity contribution is 5.78. The lowest BCUT2D eigenvalue weighted by molar-refractivity contribution is -0.133. The van der Waals surface area contributed by atoms with Crippen LogP contribution in [0.1, 0.15) is 31.2 Å². The van der Waals surface area contributed by atoms with Crippen molar-refractivity contribution in [2.75, 3.05) is 77.7 Å². The molecule has 2 fully saturated rings. The van der Waals surface area contributed by atoms with Gasteiger partial charge in [-0.25, -0.2) is 0 Å². The summed E-state index contributed by atoms with van der Waals surface area (Å²) in [6.45, 7) is 7.23. The Balaban J connectivity index is 1.40. The van der Waals surface area contributed by atoms with Crippen LogP contribution in [-0.2, 0) is 25.6 Å². The highest BCUT2D eigenvalue weighted by Gasteiger charge is 2.32. The van der Waals surface area contributed by atoms with E-state index >= 15 is 0 Å². The first kappa shape index (κ1) is 25.7. The summed E-state index contributed by atoms with van der Waals surface area (Å²) >= 11 is 0. The molecule has 35 heavy (non-hydrogen) atoms. The Hall–Kier alpha value is -2.36. The lowest BCUT2D eigenvalue weighted by atomic mass is 9.80. The molecule has 2 atom stereocenters. The van der Waals surface area contributed by atoms with E-state index in [1.807, 2.05) is 4.90 Å². The van der Waals surface area contributed by atoms with E-state index in [-0.39, 0.29) is 17.7 Å². The van der Waals surface area contributed by atoms with Crippen LogP contribution < -0.4 is 20.3 Å². The number of nitrogens with zero attached hydrogens (tertiary/aromatic N) is 2. The van der Waals surface area contributed by atoms with Gasteiger partial charge in [0.1, 0.15) is 5.75 Å². The third-order valence-electron chi connectivity index (χ3n) is 7.31. The molecule has 9 heteroatoms. The van der Waals surface area contributed by atoms with Crippen molar-refractivity contribution in [3.63, 3.8) is 0 Å². The largest absolute Gasteiger partial charge is 0.493 e. The first-order chi connectivity index (χ1) is 17.1. The molecule has 194 valence electrons. The van der Waals surface area contributed by atoms with Crippen LogP contribution in [0.4, 0.5) is 5.69 Å². The van der Waals surface area contributed by atoms with Crippen LogP contribution in [-0.4, -0.2) is 89.5 Å². The van der Waals surface area contributed by atoms with Crippen LogP contribution in [0.15, 0.2) is 18.2 Å². The number of amides is 2. The fraction of sp³-hybridized carbons (Fsp3) is 0.692. The highest BCUT2D eigenvalue weighted by atomic mass is 16.5. The van der Waals surface area contributed by atoms with Gasteiger partial charge < -0.3 is 34.6 Å². The third-order valence-corrected chi connectivity index (χ3v) is 7.31. The second kappa shape index (κ2) is 13.1. The van der Waals surface area contributed by atoms with Crippen LogP contribution in [0, 0.1) is 11.8 Å². The van der Waals surface area contributed by atoms with Gasteiger partial charge in [0, 0.05) is 64.0 Å². The molecule has 3 heterocycles. The lowest BCUT2D eigenvalue weighted by Crippen LogP contribution is -2.47. The molecular weight excluding hydrogens is 448 g/mol. The summed E-state index contributed by atoms with van der Waals surface area (Å²) in [7, 11) is 1.63. The van der Waals surface area contributed by atoms with Gasteiger partial charge in [-0.05, 0) is 49.3 Å². The molecule has 9 nitrogen and oxygen atoms in total. The van der Waals surface area contributed by atoms with Gasteiger partial charge in [-0.3, -0.25) is 9.59 Å². The molecule has 4 rings (SSSR count). The quantitative estimate of drug-likeness (QED) is 0.585. The Bertz CT molecular complexity index is 845. The zero-order chi connectivity index (χ0) is 24.5. The minimum absolute atomic E-state index is 0.0673. The Labute approximate surface area is 208 Å². The molecule has 2 saturated heterocycles. The summed E-state index contributed by atoms with van der Waals surface area (Å²) in [6.07, 6.45) is 3.20. The molecule has 2 N–H and O–H groups in total. The number of benzene rings is 1. The Morgan fingerprint density at radius 1 is 1.14 bits per heavy atom. The van der Waals surface area contributed by atoms with Gasteiger partial charge in [0.25, 0.3) is 0 Å². The number of piperidine rings is 1. The van der Waals surface area contributed by atoms with E-state index in [0.717, 1.165) is 56.9 Å². The van der Waals surface area contributed by atoms with Gasteiger partial charge in [0.05, 0.1) is 33.0 Å². The van der Waals surface area contributed by atoms with Gasteiger partial charge in [0.15, 0.2) is 0 Å². The second-order valence-electron chi connectivity index (χ2n) is 9.68. The van der Waals surface area contributed by atoms with Gasteiger partial charge >= 0.3 is 0 Å². The van der Waals surface area contributed by atoms with Crippen molar-refractivity contribution in [2.24, 2.45) is 11.8 Å². The van der Waals surface area contributed by atoms with Gasteiger partial charge in [-0.15, -0.1) is 0 Å². The number of ether oxygens (including phenoxy) is 3. The zero-order valence-corrected chi connectivity index (χ0v) is 20.9. The molecule has 2 bridgehead atoms. The Morgan fingerprint density at radius 2 is 2.00 bits per heavy atom. The summed E-state index contributed by atoms with van der Waals surface area (Å²) in [5.74, 6) is 1.65. The molecule has 0 aliphatic carbocycles. The maximum Gasteiger partial charge on any atom is 0.236 e. The molecule has 0 aromatic heterocycles. The summed E-state index contributed by atoms with van der Waals surface area (Å²) in [5, 5.41) is 6.28. The van der Waals surface area contributed by atoms with Crippen molar-refractivity contribution in [1.82, 2.24) is 15.5 Å². The summed E-state index contributed by atoms with van der Waals surface area (Å²) < 4.78 is 16.7. The average Bonchev–Trinajstić information content (AvgIpc) is 2.89. The number of carbonyl (C=O) groups excluding carboxylic acids is 2. The number of carbonyl (C=O) groups is 2. The Kier molecular flexibility index (Phi) is 9.62. The van der Waals surface area contributed by atoms with Crippen molar-refractivity contribution in [2.45, 2.75) is 32.2 Å². The number of hydrogen-bond donors (Lipinski definition) is 2.